The van der Waals surface area contributed by atoms with Gasteiger partial charge in [0.15, 0.2) is 0 Å². The largest absolute Gasteiger partial charge is 0.341 e. The van der Waals surface area contributed by atoms with Crippen LogP contribution in [0.4, 0.5) is 0 Å². The molecule has 3 atom stereocenters. The molecular weight excluding hydrogens is 144 g/mol. The molecule has 0 aromatic heterocycles. The Morgan fingerprint density at radius 3 is 2.73 bits per heavy atom. The molecule has 3 unspecified atom stereocenters. The third kappa shape index (κ3) is 2.17. The van der Waals surface area contributed by atoms with Crippen LogP contribution in [0.3, 0.4) is 0 Å². The quantitative estimate of drug-likeness (QED) is 0.333. The van der Waals surface area contributed by atoms with Gasteiger partial charge in [-0.1, -0.05) is 6.92 Å². The molecule has 0 saturated heterocycles. The summed E-state index contributed by atoms with van der Waals surface area (Å²) in [7, 11) is 1.55. The van der Waals surface area contributed by atoms with E-state index in [-0.39, 0.29) is 6.17 Å². The van der Waals surface area contributed by atoms with Crippen molar-refractivity contribution >= 4 is 6.41 Å². The van der Waals surface area contributed by atoms with Gasteiger partial charge < -0.3 is 10.2 Å². The molecule has 64 valence electrons. The van der Waals surface area contributed by atoms with E-state index in [1.54, 1.807) is 7.11 Å². The van der Waals surface area contributed by atoms with Crippen LogP contribution >= 0.6 is 0 Å². The van der Waals surface area contributed by atoms with E-state index in [9.17, 15) is 4.79 Å². The van der Waals surface area contributed by atoms with Gasteiger partial charge in [0, 0.05) is 0 Å². The van der Waals surface area contributed by atoms with Crippen molar-refractivity contribution in [3.63, 3.8) is 0 Å². The van der Waals surface area contributed by atoms with Gasteiger partial charge in [0.05, 0.1) is 7.11 Å². The summed E-state index contributed by atoms with van der Waals surface area (Å²) in [5, 5.41) is 2.66. The van der Waals surface area contributed by atoms with Gasteiger partial charge in [-0.25, -0.2) is 0 Å². The smallest absolute Gasteiger partial charge is 0.208 e. The highest BCUT2D eigenvalue weighted by atomic mass is 16.6. The number of nitrogens with one attached hydrogen (secondary N) is 2. The first-order valence-corrected chi connectivity index (χ1v) is 3.77. The molecule has 4 heteroatoms. The minimum absolute atomic E-state index is 0.0208. The molecule has 1 rings (SSSR count). The Hall–Kier alpha value is -0.610. The fourth-order valence-corrected chi connectivity index (χ4v) is 1.26. The van der Waals surface area contributed by atoms with Crippen LogP contribution in [0.1, 0.15) is 13.3 Å². The maximum Gasteiger partial charge on any atom is 0.208 e. The van der Waals surface area contributed by atoms with E-state index in [0.29, 0.717) is 18.2 Å². The van der Waals surface area contributed by atoms with Crippen molar-refractivity contribution in [2.45, 2.75) is 19.5 Å². The van der Waals surface area contributed by atoms with Gasteiger partial charge in [0.1, 0.15) is 6.17 Å². The molecule has 0 radical (unpaired) electrons. The van der Waals surface area contributed by atoms with E-state index in [0.717, 1.165) is 6.42 Å². The van der Waals surface area contributed by atoms with Crippen LogP contribution in [0, 0.1) is 11.8 Å². The van der Waals surface area contributed by atoms with Crippen molar-refractivity contribution in [3.05, 3.63) is 0 Å². The van der Waals surface area contributed by atoms with Gasteiger partial charge in [0.2, 0.25) is 6.41 Å². The Balaban J connectivity index is 2.27. The Morgan fingerprint density at radius 2 is 2.36 bits per heavy atom. The fraction of sp³-hybridized carbons (Fsp3) is 0.857. The molecule has 1 aliphatic carbocycles. The maximum atomic E-state index is 10.1. The number of rotatable bonds is 5. The maximum absolute atomic E-state index is 10.1. The number of hydrogen-bond acceptors (Lipinski definition) is 3. The summed E-state index contributed by atoms with van der Waals surface area (Å²) >= 11 is 0. The third-order valence-corrected chi connectivity index (χ3v) is 2.09. The summed E-state index contributed by atoms with van der Waals surface area (Å²) in [4.78, 5) is 14.9. The van der Waals surface area contributed by atoms with Crippen LogP contribution in [-0.4, -0.2) is 19.7 Å². The van der Waals surface area contributed by atoms with Crippen LogP contribution in [0.25, 0.3) is 0 Å². The molecule has 1 fully saturated rings. The predicted molar refractivity (Wildman–Crippen MR) is 40.4 cm³/mol. The van der Waals surface area contributed by atoms with E-state index in [2.05, 4.69) is 17.7 Å². The van der Waals surface area contributed by atoms with Crippen molar-refractivity contribution < 1.29 is 9.63 Å². The lowest BCUT2D eigenvalue weighted by molar-refractivity contribution is -0.111. The van der Waals surface area contributed by atoms with Crippen LogP contribution in [-0.2, 0) is 9.63 Å². The molecule has 0 spiro atoms. The minimum Gasteiger partial charge on any atom is -0.341 e. The highest BCUT2D eigenvalue weighted by molar-refractivity contribution is 5.46. The normalized spacial score (nSPS) is 31.1. The zero-order chi connectivity index (χ0) is 8.27. The SMILES string of the molecule is CONC(NC=O)C1CC1C. The van der Waals surface area contributed by atoms with Crippen LogP contribution in [0.2, 0.25) is 0 Å². The van der Waals surface area contributed by atoms with Crippen LogP contribution in [0.15, 0.2) is 0 Å². The molecule has 0 aromatic carbocycles. The van der Waals surface area contributed by atoms with Gasteiger partial charge in [-0.15, -0.1) is 0 Å². The van der Waals surface area contributed by atoms with Gasteiger partial charge in [-0.2, -0.15) is 5.48 Å². The molecule has 0 heterocycles. The molecule has 0 aromatic rings. The third-order valence-electron chi connectivity index (χ3n) is 2.09. The Labute approximate surface area is 66.3 Å². The molecule has 0 bridgehead atoms. The molecule has 1 amide bonds. The van der Waals surface area contributed by atoms with Crippen molar-refractivity contribution in [2.75, 3.05) is 7.11 Å². The molecule has 2 N–H and O–H groups in total. The first-order chi connectivity index (χ1) is 5.29. The summed E-state index contributed by atoms with van der Waals surface area (Å²) in [6.07, 6.45) is 1.83. The lowest BCUT2D eigenvalue weighted by atomic mass is 10.3. The summed E-state index contributed by atoms with van der Waals surface area (Å²) < 4.78 is 0. The number of carbonyl (C=O) groups is 1. The fourth-order valence-electron chi connectivity index (χ4n) is 1.26. The molecule has 11 heavy (non-hydrogen) atoms. The summed E-state index contributed by atoms with van der Waals surface area (Å²) in [6, 6.07) is 0. The van der Waals surface area contributed by atoms with Crippen molar-refractivity contribution in [3.8, 4) is 0 Å². The summed E-state index contributed by atoms with van der Waals surface area (Å²) in [5.41, 5.74) is 2.73. The van der Waals surface area contributed by atoms with Crippen molar-refractivity contribution in [1.82, 2.24) is 10.8 Å². The molecule has 0 aliphatic heterocycles. The second-order valence-corrected chi connectivity index (χ2v) is 2.96. The minimum atomic E-state index is -0.0208. The average Bonchev–Trinajstić information content (AvgIpc) is 2.67. The zero-order valence-electron chi connectivity index (χ0n) is 6.83. The predicted octanol–water partition coefficient (Wildman–Crippen LogP) is -0.135. The Morgan fingerprint density at radius 1 is 1.73 bits per heavy atom. The molecule has 1 saturated carbocycles. The number of amides is 1. The second kappa shape index (κ2) is 3.69. The monoisotopic (exact) mass is 158 g/mol. The lowest BCUT2D eigenvalue weighted by Crippen LogP contribution is -2.43. The first kappa shape index (κ1) is 8.49. The second-order valence-electron chi connectivity index (χ2n) is 2.96. The van der Waals surface area contributed by atoms with Gasteiger partial charge in [-0.3, -0.25) is 4.79 Å². The zero-order valence-corrected chi connectivity index (χ0v) is 6.83. The molecular formula is C7H14N2O2. The number of carbonyl (C=O) groups excluding carboxylic acids is 1. The van der Waals surface area contributed by atoms with E-state index in [1.165, 1.54) is 0 Å². The van der Waals surface area contributed by atoms with Gasteiger partial charge >= 0.3 is 0 Å². The van der Waals surface area contributed by atoms with Crippen LogP contribution in [0.5, 0.6) is 0 Å². The highest BCUT2D eigenvalue weighted by Gasteiger charge is 2.39. The number of hydrogen-bond donors (Lipinski definition) is 2. The van der Waals surface area contributed by atoms with Crippen molar-refractivity contribution in [2.24, 2.45) is 11.8 Å². The topological polar surface area (TPSA) is 50.4 Å². The van der Waals surface area contributed by atoms with E-state index in [1.807, 2.05) is 0 Å². The van der Waals surface area contributed by atoms with E-state index < -0.39 is 0 Å². The Kier molecular flexibility index (Phi) is 2.84. The first-order valence-electron chi connectivity index (χ1n) is 3.77. The average molecular weight is 158 g/mol. The molecule has 1 aliphatic rings. The Bertz CT molecular complexity index is 140. The highest BCUT2D eigenvalue weighted by Crippen LogP contribution is 2.39. The van der Waals surface area contributed by atoms with Crippen molar-refractivity contribution in [1.29, 1.82) is 0 Å². The number of hydroxylamine groups is 1. The standard InChI is InChI=1S/C7H14N2O2/c1-5-3-6(5)7(8-4-10)9-11-2/h4-7,9H,3H2,1-2H3,(H,8,10). The summed E-state index contributed by atoms with van der Waals surface area (Å²) in [5.74, 6) is 1.22. The molecule has 4 nitrogen and oxygen atoms in total. The van der Waals surface area contributed by atoms with Gasteiger partial charge in [-0.05, 0) is 18.3 Å². The van der Waals surface area contributed by atoms with Gasteiger partial charge in [0.25, 0.3) is 0 Å². The van der Waals surface area contributed by atoms with E-state index in [4.69, 9.17) is 4.84 Å². The lowest BCUT2D eigenvalue weighted by Gasteiger charge is -2.15. The van der Waals surface area contributed by atoms with E-state index >= 15 is 0 Å². The van der Waals surface area contributed by atoms with Crippen LogP contribution < -0.4 is 10.8 Å². The summed E-state index contributed by atoms with van der Waals surface area (Å²) in [6.45, 7) is 2.15.